The Labute approximate surface area is 143 Å². The van der Waals surface area contributed by atoms with Crippen molar-refractivity contribution in [2.45, 2.75) is 19.8 Å². The molecule has 2 aromatic rings. The van der Waals surface area contributed by atoms with E-state index < -0.39 is 0 Å². The first kappa shape index (κ1) is 16.3. The van der Waals surface area contributed by atoms with E-state index in [-0.39, 0.29) is 0 Å². The van der Waals surface area contributed by atoms with Crippen LogP contribution >= 0.6 is 34.2 Å². The maximum Gasteiger partial charge on any atom is 0.161 e. The first-order chi connectivity index (χ1) is 10.1. The summed E-state index contributed by atoms with van der Waals surface area (Å²) in [5.41, 5.74) is 1.83. The molecule has 0 aliphatic rings. The number of ether oxygens (including phenoxy) is 2. The fraction of sp³-hybridized carbons (Fsp3) is 0.333. The average molecular weight is 419 g/mol. The van der Waals surface area contributed by atoms with Crippen molar-refractivity contribution in [3.05, 3.63) is 32.6 Å². The second kappa shape index (κ2) is 7.26. The molecule has 112 valence electrons. The van der Waals surface area contributed by atoms with Gasteiger partial charge in [0.2, 0.25) is 0 Å². The molecule has 0 saturated heterocycles. The maximum atomic E-state index is 6.22. The Hall–Kier alpha value is -1.08. The minimum absolute atomic E-state index is 0.485. The number of rotatable bonds is 5. The van der Waals surface area contributed by atoms with Crippen LogP contribution in [-0.2, 0) is 6.42 Å². The molecule has 2 rings (SSSR count). The molecule has 0 atom stereocenters. The lowest BCUT2D eigenvalue weighted by molar-refractivity contribution is 0.355. The lowest BCUT2D eigenvalue weighted by atomic mass is 10.1. The molecule has 21 heavy (non-hydrogen) atoms. The van der Waals surface area contributed by atoms with Crippen molar-refractivity contribution >= 4 is 34.2 Å². The number of benzene rings is 1. The Morgan fingerprint density at radius 3 is 2.48 bits per heavy atom. The maximum absolute atomic E-state index is 6.22. The highest BCUT2D eigenvalue weighted by Gasteiger charge is 2.13. The van der Waals surface area contributed by atoms with Gasteiger partial charge in [0, 0.05) is 5.56 Å². The van der Waals surface area contributed by atoms with Gasteiger partial charge in [-0.15, -0.1) is 0 Å². The van der Waals surface area contributed by atoms with Crippen LogP contribution in [0.5, 0.6) is 11.5 Å². The predicted molar refractivity (Wildman–Crippen MR) is 92.3 cm³/mol. The third kappa shape index (κ3) is 3.58. The first-order valence-electron chi connectivity index (χ1n) is 6.55. The van der Waals surface area contributed by atoms with Crippen LogP contribution in [0, 0.1) is 3.57 Å². The summed E-state index contributed by atoms with van der Waals surface area (Å²) in [6, 6.07) is 5.59. The fourth-order valence-corrected chi connectivity index (χ4v) is 2.67. The third-order valence-electron chi connectivity index (χ3n) is 3.01. The minimum Gasteiger partial charge on any atom is -0.493 e. The van der Waals surface area contributed by atoms with Crippen molar-refractivity contribution in [3.8, 4) is 22.9 Å². The van der Waals surface area contributed by atoms with Crippen LogP contribution in [0.25, 0.3) is 11.4 Å². The average Bonchev–Trinajstić information content (AvgIpc) is 2.51. The summed E-state index contributed by atoms with van der Waals surface area (Å²) < 4.78 is 11.5. The first-order valence-corrected chi connectivity index (χ1v) is 8.00. The molecule has 0 aliphatic heterocycles. The topological polar surface area (TPSA) is 44.2 Å². The normalized spacial score (nSPS) is 10.5. The van der Waals surface area contributed by atoms with Crippen molar-refractivity contribution in [1.29, 1.82) is 0 Å². The summed E-state index contributed by atoms with van der Waals surface area (Å²) in [5, 5.41) is 0.485. The number of hydrogen-bond donors (Lipinski definition) is 0. The van der Waals surface area contributed by atoms with Gasteiger partial charge in [-0.1, -0.05) is 24.9 Å². The van der Waals surface area contributed by atoms with Gasteiger partial charge in [-0.2, -0.15) is 0 Å². The monoisotopic (exact) mass is 418 g/mol. The van der Waals surface area contributed by atoms with Gasteiger partial charge < -0.3 is 9.47 Å². The van der Waals surface area contributed by atoms with Crippen molar-refractivity contribution in [3.63, 3.8) is 0 Å². The molecule has 1 heterocycles. The van der Waals surface area contributed by atoms with Crippen LogP contribution in [0.3, 0.4) is 0 Å². The highest BCUT2D eigenvalue weighted by atomic mass is 127. The molecule has 6 heteroatoms. The molecule has 0 spiro atoms. The number of hydrogen-bond acceptors (Lipinski definition) is 4. The van der Waals surface area contributed by atoms with Crippen LogP contribution in [0.1, 0.15) is 19.0 Å². The Balaban J connectivity index is 2.51. The molecule has 0 saturated carbocycles. The summed E-state index contributed by atoms with van der Waals surface area (Å²) in [6.45, 7) is 2.11. The summed E-state index contributed by atoms with van der Waals surface area (Å²) >= 11 is 8.41. The van der Waals surface area contributed by atoms with Crippen LogP contribution in [0.15, 0.2) is 18.2 Å². The number of aryl methyl sites for hydroxylation is 1. The van der Waals surface area contributed by atoms with E-state index in [0.29, 0.717) is 22.5 Å². The highest BCUT2D eigenvalue weighted by Crippen LogP contribution is 2.32. The van der Waals surface area contributed by atoms with Gasteiger partial charge in [-0.05, 0) is 47.2 Å². The predicted octanol–water partition coefficient (Wildman–Crippen LogP) is 4.37. The Bertz CT molecular complexity index is 650. The number of aromatic nitrogens is 2. The summed E-state index contributed by atoms with van der Waals surface area (Å²) in [6.07, 6.45) is 1.88. The second-order valence-corrected chi connectivity index (χ2v) is 5.86. The molecule has 1 aromatic carbocycles. The van der Waals surface area contributed by atoms with Gasteiger partial charge in [0.1, 0.15) is 5.15 Å². The van der Waals surface area contributed by atoms with Crippen LogP contribution in [0.2, 0.25) is 5.15 Å². The minimum atomic E-state index is 0.485. The molecule has 0 amide bonds. The lowest BCUT2D eigenvalue weighted by Crippen LogP contribution is -2.01. The fourth-order valence-electron chi connectivity index (χ4n) is 1.97. The van der Waals surface area contributed by atoms with Gasteiger partial charge >= 0.3 is 0 Å². The molecule has 0 bridgehead atoms. The van der Waals surface area contributed by atoms with Gasteiger partial charge in [-0.25, -0.2) is 9.97 Å². The zero-order valence-corrected chi connectivity index (χ0v) is 15.0. The van der Waals surface area contributed by atoms with E-state index in [1.165, 1.54) is 0 Å². The SMILES string of the molecule is CCCc1nc(-c2ccc(OC)c(OC)c2)nc(Cl)c1I. The van der Waals surface area contributed by atoms with Crippen molar-refractivity contribution in [2.24, 2.45) is 0 Å². The molecule has 4 nitrogen and oxygen atoms in total. The largest absolute Gasteiger partial charge is 0.493 e. The second-order valence-electron chi connectivity index (χ2n) is 4.42. The molecule has 0 N–H and O–H groups in total. The van der Waals surface area contributed by atoms with E-state index in [0.717, 1.165) is 27.7 Å². The van der Waals surface area contributed by atoms with Crippen LogP contribution in [0.4, 0.5) is 0 Å². The molecule has 0 unspecified atom stereocenters. The Morgan fingerprint density at radius 2 is 1.86 bits per heavy atom. The van der Waals surface area contributed by atoms with Crippen molar-refractivity contribution in [2.75, 3.05) is 14.2 Å². The third-order valence-corrected chi connectivity index (χ3v) is 4.73. The molecule has 0 radical (unpaired) electrons. The number of halogens is 2. The summed E-state index contributed by atoms with van der Waals surface area (Å²) in [5.74, 6) is 1.92. The van der Waals surface area contributed by atoms with E-state index in [1.54, 1.807) is 14.2 Å². The standard InChI is InChI=1S/C15H16ClIN2O2/c1-4-5-10-13(17)14(16)19-15(18-10)9-6-7-11(20-2)12(8-9)21-3/h6-8H,4-5H2,1-3H3. The summed E-state index contributed by atoms with van der Waals surface area (Å²) in [4.78, 5) is 8.99. The quantitative estimate of drug-likeness (QED) is 0.534. The van der Waals surface area contributed by atoms with E-state index >= 15 is 0 Å². The lowest BCUT2D eigenvalue weighted by Gasteiger charge is -2.11. The van der Waals surface area contributed by atoms with E-state index in [4.69, 9.17) is 21.1 Å². The number of nitrogens with zero attached hydrogens (tertiary/aromatic N) is 2. The van der Waals surface area contributed by atoms with Crippen molar-refractivity contribution < 1.29 is 9.47 Å². The molecule has 0 fully saturated rings. The van der Waals surface area contributed by atoms with E-state index in [9.17, 15) is 0 Å². The molecule has 1 aromatic heterocycles. The highest BCUT2D eigenvalue weighted by molar-refractivity contribution is 14.1. The summed E-state index contributed by atoms with van der Waals surface area (Å²) in [7, 11) is 3.21. The van der Waals surface area contributed by atoms with Gasteiger partial charge in [0.05, 0.1) is 23.5 Å². The van der Waals surface area contributed by atoms with Gasteiger partial charge in [0.25, 0.3) is 0 Å². The van der Waals surface area contributed by atoms with E-state index in [2.05, 4.69) is 39.5 Å². The molecule has 0 aliphatic carbocycles. The Kier molecular flexibility index (Phi) is 5.64. The van der Waals surface area contributed by atoms with Gasteiger partial charge in [0.15, 0.2) is 17.3 Å². The van der Waals surface area contributed by atoms with E-state index in [1.807, 2.05) is 18.2 Å². The smallest absolute Gasteiger partial charge is 0.161 e. The van der Waals surface area contributed by atoms with Crippen LogP contribution in [-0.4, -0.2) is 24.2 Å². The van der Waals surface area contributed by atoms with Gasteiger partial charge in [-0.3, -0.25) is 0 Å². The van der Waals surface area contributed by atoms with Crippen LogP contribution < -0.4 is 9.47 Å². The molecular formula is C15H16ClIN2O2. The molecular weight excluding hydrogens is 403 g/mol. The Morgan fingerprint density at radius 1 is 1.14 bits per heavy atom. The number of methoxy groups -OCH3 is 2. The zero-order chi connectivity index (χ0) is 15.4. The van der Waals surface area contributed by atoms with Crippen molar-refractivity contribution in [1.82, 2.24) is 9.97 Å². The zero-order valence-electron chi connectivity index (χ0n) is 12.1.